The Morgan fingerprint density at radius 2 is 0.893 bits per heavy atom. The zero-order valence-corrected chi connectivity index (χ0v) is 13.7. The van der Waals surface area contributed by atoms with Crippen LogP contribution in [0.4, 0.5) is 39.5 Å². The molecule has 1 aromatic carbocycles. The Bertz CT molecular complexity index is 671. The summed E-state index contributed by atoms with van der Waals surface area (Å²) in [4.78, 5) is 33.2. The largest absolute Gasteiger partial charge is 0.743 e. The Kier molecular flexibility index (Phi) is 6.38. The van der Waals surface area contributed by atoms with Gasteiger partial charge < -0.3 is 13.3 Å². The van der Waals surface area contributed by atoms with Crippen LogP contribution in [-0.4, -0.2) is 45.2 Å². The summed E-state index contributed by atoms with van der Waals surface area (Å²) in [6.45, 7) is 0. The summed E-state index contributed by atoms with van der Waals surface area (Å²) in [5.74, 6) is -10.1. The number of hydrogen-bond acceptors (Lipinski definition) is 6. The maximum Gasteiger partial charge on any atom is 0.743 e. The quantitative estimate of drug-likeness (QED) is 0.523. The average Bonchev–Trinajstić information content (AvgIpc) is 2.52. The third-order valence-electron chi connectivity index (χ3n) is 2.50. The molecule has 0 spiro atoms. The second-order valence-electron chi connectivity index (χ2n) is 4.58. The third-order valence-corrected chi connectivity index (χ3v) is 4.91. The van der Waals surface area contributed by atoms with E-state index in [1.54, 1.807) is 0 Å². The number of carbonyl (C=O) groups excluding carboxylic acids is 3. The first-order valence-corrected chi connectivity index (χ1v) is 8.17. The summed E-state index contributed by atoms with van der Waals surface area (Å²) >= 11 is 0. The van der Waals surface area contributed by atoms with Crippen LogP contribution >= 0.6 is 0 Å². The van der Waals surface area contributed by atoms with Gasteiger partial charge in [0, 0.05) is 0 Å². The number of carbonyl (C=O) groups is 3. The van der Waals surface area contributed by atoms with E-state index in [-0.39, 0.29) is 0 Å². The van der Waals surface area contributed by atoms with Crippen LogP contribution in [0.1, 0.15) is 0 Å². The maximum absolute atomic E-state index is 12.5. The lowest BCUT2D eigenvalue weighted by Gasteiger charge is -2.28. The van der Waals surface area contributed by atoms with Crippen molar-refractivity contribution in [2.45, 2.75) is 18.5 Å². The highest BCUT2D eigenvalue weighted by Crippen LogP contribution is 2.27. The van der Waals surface area contributed by atoms with Gasteiger partial charge in [-0.1, -0.05) is 30.3 Å². The molecule has 1 aromatic rings. The summed E-state index contributed by atoms with van der Waals surface area (Å²) in [5.41, 5.74) is 0. The minimum Gasteiger partial charge on any atom is -0.445 e. The number of hydrogen-bond donors (Lipinski definition) is 0. The highest BCUT2D eigenvalue weighted by molar-refractivity contribution is 6.79. The van der Waals surface area contributed by atoms with Gasteiger partial charge in [0.15, 0.2) is 0 Å². The van der Waals surface area contributed by atoms with E-state index in [2.05, 4.69) is 13.3 Å². The van der Waals surface area contributed by atoms with Gasteiger partial charge in [-0.2, -0.15) is 39.5 Å². The molecule has 0 radical (unpaired) electrons. The summed E-state index contributed by atoms with van der Waals surface area (Å²) in [6, 6.07) is 3.89. The fraction of sp³-hybridized carbons (Fsp3) is 0.250. The number of halogens is 9. The average molecular weight is 444 g/mol. The van der Waals surface area contributed by atoms with Crippen molar-refractivity contribution in [3.05, 3.63) is 30.3 Å². The fourth-order valence-electron chi connectivity index (χ4n) is 1.42. The normalized spacial score (nSPS) is 12.9. The summed E-state index contributed by atoms with van der Waals surface area (Å²) in [5, 5.41) is -1.14. The molecule has 0 saturated heterocycles. The lowest BCUT2D eigenvalue weighted by atomic mass is 10.4. The van der Waals surface area contributed by atoms with Crippen molar-refractivity contribution in [1.29, 1.82) is 0 Å². The Balaban J connectivity index is 3.58. The molecular weight excluding hydrogens is 439 g/mol. The molecule has 156 valence electrons. The summed E-state index contributed by atoms with van der Waals surface area (Å²) in [7, 11) is -6.40. The molecule has 0 N–H and O–H groups in total. The Labute approximate surface area is 149 Å². The molecule has 1 rings (SSSR count). The molecular formula is C12H5F9O6Si. The number of benzene rings is 1. The predicted octanol–water partition coefficient (Wildman–Crippen LogP) is 2.15. The Morgan fingerprint density at radius 1 is 0.607 bits per heavy atom. The monoisotopic (exact) mass is 444 g/mol. The molecule has 6 nitrogen and oxygen atoms in total. The van der Waals surface area contributed by atoms with E-state index in [0.717, 1.165) is 18.2 Å². The van der Waals surface area contributed by atoms with E-state index in [1.807, 2.05) is 0 Å². The van der Waals surface area contributed by atoms with Crippen molar-refractivity contribution in [2.75, 3.05) is 0 Å². The maximum atomic E-state index is 12.5. The standard InChI is InChI=1S/C12H5F9O6Si/c13-10(14,15)7(22)25-28(6-4-2-1-3-5-6,26-8(23)11(16,17)18)27-9(24)12(19,20)21/h1-5H. The SMILES string of the molecule is O=C(O[Si](OC(=O)C(F)(F)F)(OC(=O)C(F)(F)F)c1ccccc1)C(F)(F)F. The van der Waals surface area contributed by atoms with Gasteiger partial charge in [0.2, 0.25) is 0 Å². The van der Waals surface area contributed by atoms with E-state index in [9.17, 15) is 53.9 Å². The van der Waals surface area contributed by atoms with Gasteiger partial charge in [-0.3, -0.25) is 0 Å². The minimum atomic E-state index is -6.40. The van der Waals surface area contributed by atoms with Crippen LogP contribution in [0, 0.1) is 0 Å². The molecule has 0 aliphatic carbocycles. The van der Waals surface area contributed by atoms with Crippen molar-refractivity contribution in [3.8, 4) is 0 Å². The van der Waals surface area contributed by atoms with Gasteiger partial charge >= 0.3 is 45.2 Å². The molecule has 0 saturated carbocycles. The summed E-state index contributed by atoms with van der Waals surface area (Å²) in [6.07, 6.45) is -17.8. The molecule has 0 heterocycles. The van der Waals surface area contributed by atoms with Crippen molar-refractivity contribution < 1.29 is 67.2 Å². The van der Waals surface area contributed by atoms with Crippen LogP contribution in [0.2, 0.25) is 0 Å². The molecule has 0 aliphatic rings. The van der Waals surface area contributed by atoms with Gasteiger partial charge in [-0.25, -0.2) is 14.4 Å². The third kappa shape index (κ3) is 5.86. The number of alkyl halides is 9. The Morgan fingerprint density at radius 3 is 1.14 bits per heavy atom. The van der Waals surface area contributed by atoms with Gasteiger partial charge in [0.25, 0.3) is 0 Å². The summed E-state index contributed by atoms with van der Waals surface area (Å²) < 4.78 is 123. The molecule has 0 unspecified atom stereocenters. The zero-order chi connectivity index (χ0) is 22.0. The minimum absolute atomic E-state index is 0.531. The highest BCUT2D eigenvalue weighted by atomic mass is 28.4. The lowest BCUT2D eigenvalue weighted by Crippen LogP contribution is -2.63. The molecule has 0 amide bonds. The topological polar surface area (TPSA) is 78.9 Å². The molecule has 0 atom stereocenters. The Hall–Kier alpha value is -2.78. The fourth-order valence-corrected chi connectivity index (χ4v) is 3.58. The van der Waals surface area contributed by atoms with E-state index < -0.39 is 50.4 Å². The van der Waals surface area contributed by atoms with Crippen LogP contribution < -0.4 is 5.19 Å². The molecule has 0 bridgehead atoms. The van der Waals surface area contributed by atoms with E-state index in [4.69, 9.17) is 0 Å². The van der Waals surface area contributed by atoms with Crippen molar-refractivity contribution in [1.82, 2.24) is 0 Å². The van der Waals surface area contributed by atoms with Gasteiger partial charge in [0.05, 0.1) is 5.19 Å². The van der Waals surface area contributed by atoms with Crippen LogP contribution in [0.25, 0.3) is 0 Å². The predicted molar refractivity (Wildman–Crippen MR) is 68.3 cm³/mol. The molecule has 28 heavy (non-hydrogen) atoms. The van der Waals surface area contributed by atoms with Crippen molar-refractivity contribution >= 4 is 31.9 Å². The molecule has 0 fully saturated rings. The molecule has 0 aromatic heterocycles. The van der Waals surface area contributed by atoms with Crippen LogP contribution in [0.3, 0.4) is 0 Å². The first kappa shape index (κ1) is 23.3. The zero-order valence-electron chi connectivity index (χ0n) is 12.7. The lowest BCUT2D eigenvalue weighted by molar-refractivity contribution is -0.208. The first-order chi connectivity index (χ1) is 12.5. The van der Waals surface area contributed by atoms with Crippen molar-refractivity contribution in [3.63, 3.8) is 0 Å². The van der Waals surface area contributed by atoms with Gasteiger partial charge in [-0.15, -0.1) is 0 Å². The van der Waals surface area contributed by atoms with E-state index >= 15 is 0 Å². The molecule has 0 aliphatic heterocycles. The van der Waals surface area contributed by atoms with Crippen LogP contribution in [0.5, 0.6) is 0 Å². The van der Waals surface area contributed by atoms with Crippen LogP contribution in [-0.2, 0) is 27.7 Å². The second kappa shape index (κ2) is 7.68. The first-order valence-electron chi connectivity index (χ1n) is 6.45. The molecule has 16 heteroatoms. The van der Waals surface area contributed by atoms with Gasteiger partial charge in [0.1, 0.15) is 0 Å². The smallest absolute Gasteiger partial charge is 0.445 e. The second-order valence-corrected chi connectivity index (χ2v) is 6.89. The van der Waals surface area contributed by atoms with Crippen molar-refractivity contribution in [2.24, 2.45) is 0 Å². The van der Waals surface area contributed by atoms with E-state index in [1.165, 1.54) is 0 Å². The number of rotatable bonds is 4. The van der Waals surface area contributed by atoms with Crippen LogP contribution in [0.15, 0.2) is 30.3 Å². The van der Waals surface area contributed by atoms with E-state index in [0.29, 0.717) is 12.1 Å². The highest BCUT2D eigenvalue weighted by Gasteiger charge is 2.64. The van der Waals surface area contributed by atoms with Gasteiger partial charge in [-0.05, 0) is 0 Å².